The molecule has 0 saturated heterocycles. The molecule has 0 bridgehead atoms. The third-order valence-corrected chi connectivity index (χ3v) is 5.65. The van der Waals surface area contributed by atoms with E-state index in [1.165, 1.54) is 21.5 Å². The van der Waals surface area contributed by atoms with Crippen molar-refractivity contribution >= 4 is 37.4 Å². The van der Waals surface area contributed by atoms with E-state index in [0.717, 1.165) is 30.5 Å². The minimum absolute atomic E-state index is 0.515. The van der Waals surface area contributed by atoms with Crippen molar-refractivity contribution in [2.75, 3.05) is 0 Å². The molecule has 1 N–H and O–H groups in total. The first-order chi connectivity index (χ1) is 10.3. The molecule has 5 heteroatoms. The molecule has 4 rings (SSSR count). The number of aryl methyl sites for hydroxylation is 1. The topological polar surface area (TPSA) is 29.9 Å². The predicted molar refractivity (Wildman–Crippen MR) is 90.7 cm³/mol. The van der Waals surface area contributed by atoms with Crippen molar-refractivity contribution in [1.82, 2.24) is 14.9 Å². The van der Waals surface area contributed by atoms with Crippen LogP contribution in [0.2, 0.25) is 0 Å². The summed E-state index contributed by atoms with van der Waals surface area (Å²) < 4.78 is 4.72. The van der Waals surface area contributed by atoms with Gasteiger partial charge in [-0.05, 0) is 56.9 Å². The lowest BCUT2D eigenvalue weighted by atomic mass is 10.1. The van der Waals surface area contributed by atoms with Crippen LogP contribution in [0.25, 0.3) is 10.1 Å². The van der Waals surface area contributed by atoms with Crippen LogP contribution in [0, 0.1) is 0 Å². The number of benzene rings is 1. The summed E-state index contributed by atoms with van der Waals surface area (Å²) in [6.07, 6.45) is 4.11. The van der Waals surface area contributed by atoms with Crippen molar-refractivity contribution in [3.63, 3.8) is 0 Å². The molecular weight excluding hydrogens is 346 g/mol. The number of nitrogens with one attached hydrogen (secondary N) is 1. The van der Waals surface area contributed by atoms with Crippen LogP contribution < -0.4 is 5.32 Å². The van der Waals surface area contributed by atoms with E-state index in [1.807, 2.05) is 6.20 Å². The summed E-state index contributed by atoms with van der Waals surface area (Å²) in [6.45, 7) is 1.93. The largest absolute Gasteiger partial charge is 0.321 e. The first-order valence-electron chi connectivity index (χ1n) is 7.19. The molecule has 0 aliphatic carbocycles. The fourth-order valence-corrected chi connectivity index (χ4v) is 4.18. The summed E-state index contributed by atoms with van der Waals surface area (Å²) in [5, 5.41) is 7.19. The minimum Gasteiger partial charge on any atom is -0.321 e. The second-order valence-corrected chi connectivity index (χ2v) is 7.28. The highest BCUT2D eigenvalue weighted by Crippen LogP contribution is 2.23. The van der Waals surface area contributed by atoms with Gasteiger partial charge in [0, 0.05) is 30.3 Å². The Morgan fingerprint density at radius 2 is 2.33 bits per heavy atom. The summed E-state index contributed by atoms with van der Waals surface area (Å²) in [4.78, 5) is 4.43. The average Bonchev–Trinajstić information content (AvgIpc) is 3.11. The Morgan fingerprint density at radius 1 is 1.38 bits per heavy atom. The molecule has 21 heavy (non-hydrogen) atoms. The van der Waals surface area contributed by atoms with Crippen LogP contribution in [0.3, 0.4) is 0 Å². The second kappa shape index (κ2) is 5.55. The van der Waals surface area contributed by atoms with E-state index in [4.69, 9.17) is 0 Å². The maximum atomic E-state index is 4.43. The molecule has 1 unspecified atom stereocenters. The third-order valence-electron chi connectivity index (χ3n) is 4.12. The van der Waals surface area contributed by atoms with E-state index < -0.39 is 0 Å². The maximum absolute atomic E-state index is 4.43. The Bertz CT molecular complexity index is 777. The number of rotatable bonds is 3. The molecule has 3 aromatic rings. The lowest BCUT2D eigenvalue weighted by Crippen LogP contribution is -2.37. The van der Waals surface area contributed by atoms with E-state index in [0.29, 0.717) is 6.04 Å². The monoisotopic (exact) mass is 361 g/mol. The quantitative estimate of drug-likeness (QED) is 0.764. The molecule has 0 fully saturated rings. The van der Waals surface area contributed by atoms with Gasteiger partial charge in [-0.3, -0.25) is 0 Å². The van der Waals surface area contributed by atoms with Gasteiger partial charge in [0.1, 0.15) is 10.4 Å². The van der Waals surface area contributed by atoms with Crippen LogP contribution in [0.15, 0.2) is 40.4 Å². The molecule has 108 valence electrons. The van der Waals surface area contributed by atoms with Gasteiger partial charge in [-0.25, -0.2) is 4.98 Å². The standard InChI is InChI=1S/C16H16BrN3S/c17-15-9-19-16-4-2-13(10-20(15)16)18-8-11-1-3-14-12(7-11)5-6-21-14/h1,3,5-7,9,13,18H,2,4,8,10H2. The van der Waals surface area contributed by atoms with Gasteiger partial charge >= 0.3 is 0 Å². The molecule has 1 aliphatic rings. The van der Waals surface area contributed by atoms with E-state index in [9.17, 15) is 0 Å². The maximum Gasteiger partial charge on any atom is 0.109 e. The number of thiophene rings is 1. The van der Waals surface area contributed by atoms with Crippen LogP contribution >= 0.6 is 27.3 Å². The molecule has 0 saturated carbocycles. The van der Waals surface area contributed by atoms with Crippen molar-refractivity contribution in [3.05, 3.63) is 51.8 Å². The fourth-order valence-electron chi connectivity index (χ4n) is 2.95. The van der Waals surface area contributed by atoms with Crippen LogP contribution in [-0.4, -0.2) is 15.6 Å². The normalized spacial score (nSPS) is 18.0. The van der Waals surface area contributed by atoms with Crippen LogP contribution in [0.1, 0.15) is 17.8 Å². The Hall–Kier alpha value is -1.17. The smallest absolute Gasteiger partial charge is 0.109 e. The summed E-state index contributed by atoms with van der Waals surface area (Å²) in [5.41, 5.74) is 1.36. The summed E-state index contributed by atoms with van der Waals surface area (Å²) in [6, 6.07) is 9.45. The molecule has 3 nitrogen and oxygen atoms in total. The first-order valence-corrected chi connectivity index (χ1v) is 8.86. The van der Waals surface area contributed by atoms with E-state index in [2.05, 4.69) is 60.4 Å². The van der Waals surface area contributed by atoms with Gasteiger partial charge in [-0.1, -0.05) is 6.07 Å². The average molecular weight is 362 g/mol. The summed E-state index contributed by atoms with van der Waals surface area (Å²) in [5.74, 6) is 1.19. The van der Waals surface area contributed by atoms with Gasteiger partial charge in [0.15, 0.2) is 0 Å². The second-order valence-electron chi connectivity index (χ2n) is 5.52. The van der Waals surface area contributed by atoms with Crippen LogP contribution in [-0.2, 0) is 19.5 Å². The summed E-state index contributed by atoms with van der Waals surface area (Å²) >= 11 is 5.37. The molecular formula is C16H16BrN3S. The minimum atomic E-state index is 0.515. The van der Waals surface area contributed by atoms with E-state index in [1.54, 1.807) is 11.3 Å². The number of halogens is 1. The highest BCUT2D eigenvalue weighted by Gasteiger charge is 2.20. The fraction of sp³-hybridized carbons (Fsp3) is 0.312. The van der Waals surface area contributed by atoms with Crippen LogP contribution in [0.4, 0.5) is 0 Å². The molecule has 1 aliphatic heterocycles. The van der Waals surface area contributed by atoms with Gasteiger partial charge in [0.2, 0.25) is 0 Å². The zero-order valence-corrected chi connectivity index (χ0v) is 14.0. The van der Waals surface area contributed by atoms with Gasteiger partial charge in [0.25, 0.3) is 0 Å². The van der Waals surface area contributed by atoms with Crippen molar-refractivity contribution in [2.45, 2.75) is 32.0 Å². The Kier molecular flexibility index (Phi) is 3.57. The van der Waals surface area contributed by atoms with Crippen molar-refractivity contribution in [2.24, 2.45) is 0 Å². The zero-order valence-electron chi connectivity index (χ0n) is 11.6. The van der Waals surface area contributed by atoms with Crippen molar-refractivity contribution < 1.29 is 0 Å². The highest BCUT2D eigenvalue weighted by atomic mass is 79.9. The summed E-state index contributed by atoms with van der Waals surface area (Å²) in [7, 11) is 0. The molecule has 1 atom stereocenters. The molecule has 1 aromatic carbocycles. The number of hydrogen-bond donors (Lipinski definition) is 1. The molecule has 0 amide bonds. The number of hydrogen-bond acceptors (Lipinski definition) is 3. The van der Waals surface area contributed by atoms with Gasteiger partial charge in [-0.15, -0.1) is 11.3 Å². The zero-order chi connectivity index (χ0) is 14.2. The molecule has 2 aromatic heterocycles. The lowest BCUT2D eigenvalue weighted by molar-refractivity contribution is 0.376. The molecule has 0 radical (unpaired) electrons. The first kappa shape index (κ1) is 13.5. The lowest BCUT2D eigenvalue weighted by Gasteiger charge is -2.25. The van der Waals surface area contributed by atoms with Gasteiger partial charge in [0.05, 0.1) is 6.20 Å². The Labute approximate surface area is 136 Å². The number of nitrogens with zero attached hydrogens (tertiary/aromatic N) is 2. The van der Waals surface area contributed by atoms with Crippen LogP contribution in [0.5, 0.6) is 0 Å². The van der Waals surface area contributed by atoms with E-state index in [-0.39, 0.29) is 0 Å². The molecule has 0 spiro atoms. The van der Waals surface area contributed by atoms with Gasteiger partial charge in [-0.2, -0.15) is 0 Å². The molecule has 3 heterocycles. The van der Waals surface area contributed by atoms with Crippen molar-refractivity contribution in [1.29, 1.82) is 0 Å². The SMILES string of the molecule is Brc1cnc2n1CC(NCc1ccc3sccc3c1)CC2. The van der Waals surface area contributed by atoms with E-state index >= 15 is 0 Å². The third kappa shape index (κ3) is 2.65. The predicted octanol–water partition coefficient (Wildman–Crippen LogP) is 3.96. The Morgan fingerprint density at radius 3 is 3.29 bits per heavy atom. The van der Waals surface area contributed by atoms with Gasteiger partial charge < -0.3 is 9.88 Å². The number of imidazole rings is 1. The Balaban J connectivity index is 1.44. The number of aromatic nitrogens is 2. The number of fused-ring (bicyclic) bond motifs is 2. The van der Waals surface area contributed by atoms with Crippen molar-refractivity contribution in [3.8, 4) is 0 Å². The highest BCUT2D eigenvalue weighted by molar-refractivity contribution is 9.10.